The molecular formula is C7H12O3. The van der Waals surface area contributed by atoms with E-state index in [-0.39, 0.29) is 6.10 Å². The molecule has 0 fully saturated rings. The largest absolute Gasteiger partial charge is 0.390 e. The summed E-state index contributed by atoms with van der Waals surface area (Å²) >= 11 is 0. The molecule has 0 heterocycles. The number of methoxy groups -OCH3 is 1. The predicted octanol–water partition coefficient (Wildman–Crippen LogP) is 0.137. The monoisotopic (exact) mass is 144 g/mol. The van der Waals surface area contributed by atoms with Gasteiger partial charge in [-0.15, -0.1) is 0 Å². The van der Waals surface area contributed by atoms with E-state index in [0.717, 1.165) is 0 Å². The first-order chi connectivity index (χ1) is 4.72. The van der Waals surface area contributed by atoms with Crippen molar-refractivity contribution in [1.29, 1.82) is 0 Å². The fraction of sp³-hybridized carbons (Fsp3) is 0.571. The summed E-state index contributed by atoms with van der Waals surface area (Å²) < 4.78 is 4.82. The Labute approximate surface area is 60.3 Å². The first-order valence-corrected chi connectivity index (χ1v) is 3.05. The molecule has 10 heavy (non-hydrogen) atoms. The second kappa shape index (κ2) is 5.14. The molecule has 0 bridgehead atoms. The van der Waals surface area contributed by atoms with E-state index >= 15 is 0 Å². The van der Waals surface area contributed by atoms with Crippen molar-refractivity contribution in [2.75, 3.05) is 7.11 Å². The Balaban J connectivity index is 3.82. The third-order valence-corrected chi connectivity index (χ3v) is 1.13. The van der Waals surface area contributed by atoms with Crippen LogP contribution in [0.3, 0.4) is 0 Å². The van der Waals surface area contributed by atoms with Gasteiger partial charge in [-0.2, -0.15) is 0 Å². The summed E-state index contributed by atoms with van der Waals surface area (Å²) in [6, 6.07) is 0. The summed E-state index contributed by atoms with van der Waals surface area (Å²) in [6.07, 6.45) is 2.50. The SMILES string of the molecule is CO[C@@H](/C=C/C=O)[C@@H](C)O. The van der Waals surface area contributed by atoms with Crippen LogP contribution in [-0.2, 0) is 9.53 Å². The van der Waals surface area contributed by atoms with Crippen molar-refractivity contribution < 1.29 is 14.6 Å². The van der Waals surface area contributed by atoms with Gasteiger partial charge in [0.15, 0.2) is 0 Å². The topological polar surface area (TPSA) is 46.5 Å². The highest BCUT2D eigenvalue weighted by Crippen LogP contribution is 1.97. The standard InChI is InChI=1S/C7H12O3/c1-6(9)7(10-2)4-3-5-8/h3-7,9H,1-2H3/b4-3+/t6-,7+/m1/s1. The summed E-state index contributed by atoms with van der Waals surface area (Å²) in [7, 11) is 1.48. The maximum absolute atomic E-state index is 9.82. The van der Waals surface area contributed by atoms with Crippen LogP contribution in [0, 0.1) is 0 Å². The zero-order chi connectivity index (χ0) is 7.98. The normalized spacial score (nSPS) is 17.1. The molecule has 0 radical (unpaired) electrons. The Bertz CT molecular complexity index is 118. The van der Waals surface area contributed by atoms with Crippen LogP contribution in [0.5, 0.6) is 0 Å². The van der Waals surface area contributed by atoms with E-state index in [1.165, 1.54) is 19.3 Å². The van der Waals surface area contributed by atoms with Gasteiger partial charge >= 0.3 is 0 Å². The molecule has 0 aliphatic carbocycles. The van der Waals surface area contributed by atoms with Crippen LogP contribution in [-0.4, -0.2) is 30.7 Å². The van der Waals surface area contributed by atoms with Crippen LogP contribution < -0.4 is 0 Å². The number of aliphatic hydroxyl groups excluding tert-OH is 1. The Hall–Kier alpha value is -0.670. The van der Waals surface area contributed by atoms with Crippen LogP contribution in [0.15, 0.2) is 12.2 Å². The molecule has 0 saturated heterocycles. The van der Waals surface area contributed by atoms with Crippen molar-refractivity contribution in [3.8, 4) is 0 Å². The van der Waals surface area contributed by atoms with Gasteiger partial charge in [0.2, 0.25) is 0 Å². The molecule has 3 heteroatoms. The van der Waals surface area contributed by atoms with Crippen LogP contribution in [0.25, 0.3) is 0 Å². The van der Waals surface area contributed by atoms with E-state index in [2.05, 4.69) is 0 Å². The lowest BCUT2D eigenvalue weighted by Gasteiger charge is -2.12. The van der Waals surface area contributed by atoms with Gasteiger partial charge < -0.3 is 9.84 Å². The van der Waals surface area contributed by atoms with Crippen LogP contribution >= 0.6 is 0 Å². The molecule has 0 aliphatic rings. The van der Waals surface area contributed by atoms with Crippen molar-refractivity contribution in [3.63, 3.8) is 0 Å². The van der Waals surface area contributed by atoms with Crippen molar-refractivity contribution in [1.82, 2.24) is 0 Å². The van der Waals surface area contributed by atoms with Crippen LogP contribution in [0.4, 0.5) is 0 Å². The average molecular weight is 144 g/mol. The molecule has 0 unspecified atom stereocenters. The summed E-state index contributed by atoms with van der Waals surface area (Å²) in [4.78, 5) is 9.82. The van der Waals surface area contributed by atoms with Crippen molar-refractivity contribution in [3.05, 3.63) is 12.2 Å². The third-order valence-electron chi connectivity index (χ3n) is 1.13. The molecule has 0 aromatic rings. The Morgan fingerprint density at radius 1 is 1.60 bits per heavy atom. The average Bonchev–Trinajstić information content (AvgIpc) is 1.89. The van der Waals surface area contributed by atoms with Gasteiger partial charge in [0.05, 0.1) is 6.10 Å². The molecule has 0 aliphatic heterocycles. The molecule has 3 nitrogen and oxygen atoms in total. The summed E-state index contributed by atoms with van der Waals surface area (Å²) in [6.45, 7) is 1.60. The van der Waals surface area contributed by atoms with Gasteiger partial charge in [0.25, 0.3) is 0 Å². The molecule has 0 aromatic carbocycles. The minimum Gasteiger partial charge on any atom is -0.390 e. The van der Waals surface area contributed by atoms with Gasteiger partial charge in [-0.25, -0.2) is 0 Å². The number of ether oxygens (including phenoxy) is 1. The zero-order valence-corrected chi connectivity index (χ0v) is 6.15. The van der Waals surface area contributed by atoms with Gasteiger partial charge in [-0.05, 0) is 13.0 Å². The fourth-order valence-electron chi connectivity index (χ4n) is 0.591. The third kappa shape index (κ3) is 3.37. The first-order valence-electron chi connectivity index (χ1n) is 3.05. The molecule has 0 amide bonds. The molecule has 2 atom stereocenters. The zero-order valence-electron chi connectivity index (χ0n) is 6.15. The Morgan fingerprint density at radius 3 is 2.50 bits per heavy atom. The number of hydrogen-bond donors (Lipinski definition) is 1. The lowest BCUT2D eigenvalue weighted by atomic mass is 10.2. The minimum absolute atomic E-state index is 0.384. The van der Waals surface area contributed by atoms with Gasteiger partial charge in [-0.1, -0.05) is 6.08 Å². The molecule has 58 valence electrons. The number of carbonyl (C=O) groups is 1. The lowest BCUT2D eigenvalue weighted by Crippen LogP contribution is -2.22. The van der Waals surface area contributed by atoms with E-state index in [4.69, 9.17) is 9.84 Å². The molecule has 0 rings (SSSR count). The number of rotatable bonds is 4. The Kier molecular flexibility index (Phi) is 4.80. The minimum atomic E-state index is -0.582. The highest BCUT2D eigenvalue weighted by molar-refractivity contribution is 5.64. The number of aldehydes is 1. The van der Waals surface area contributed by atoms with Gasteiger partial charge in [-0.3, -0.25) is 4.79 Å². The summed E-state index contributed by atoms with van der Waals surface area (Å²) in [5.41, 5.74) is 0. The molecule has 1 N–H and O–H groups in total. The second-order valence-electron chi connectivity index (χ2n) is 1.96. The van der Waals surface area contributed by atoms with Gasteiger partial charge in [0, 0.05) is 7.11 Å². The first kappa shape index (κ1) is 9.33. The van der Waals surface area contributed by atoms with Crippen molar-refractivity contribution in [2.24, 2.45) is 0 Å². The van der Waals surface area contributed by atoms with E-state index in [1.807, 2.05) is 0 Å². The summed E-state index contributed by atoms with van der Waals surface area (Å²) in [5, 5.41) is 8.95. The predicted molar refractivity (Wildman–Crippen MR) is 37.7 cm³/mol. The van der Waals surface area contributed by atoms with E-state index in [9.17, 15) is 4.79 Å². The lowest BCUT2D eigenvalue weighted by molar-refractivity contribution is -0.104. The molecular weight excluding hydrogens is 132 g/mol. The number of hydrogen-bond acceptors (Lipinski definition) is 3. The number of carbonyl (C=O) groups excluding carboxylic acids is 1. The maximum atomic E-state index is 9.82. The molecule has 0 aromatic heterocycles. The molecule has 0 saturated carbocycles. The van der Waals surface area contributed by atoms with Crippen molar-refractivity contribution in [2.45, 2.75) is 19.1 Å². The van der Waals surface area contributed by atoms with E-state index in [0.29, 0.717) is 6.29 Å². The van der Waals surface area contributed by atoms with Gasteiger partial charge in [0.1, 0.15) is 12.4 Å². The van der Waals surface area contributed by atoms with Crippen molar-refractivity contribution >= 4 is 6.29 Å². The quantitative estimate of drug-likeness (QED) is 0.451. The van der Waals surface area contributed by atoms with Crippen LogP contribution in [0.2, 0.25) is 0 Å². The van der Waals surface area contributed by atoms with E-state index in [1.54, 1.807) is 6.92 Å². The van der Waals surface area contributed by atoms with Crippen LogP contribution in [0.1, 0.15) is 6.92 Å². The van der Waals surface area contributed by atoms with E-state index < -0.39 is 6.10 Å². The smallest absolute Gasteiger partial charge is 0.142 e. The Morgan fingerprint density at radius 2 is 2.20 bits per heavy atom. The summed E-state index contributed by atoms with van der Waals surface area (Å²) in [5.74, 6) is 0. The highest BCUT2D eigenvalue weighted by Gasteiger charge is 2.08. The second-order valence-corrected chi connectivity index (χ2v) is 1.96. The molecule has 0 spiro atoms. The number of aliphatic hydroxyl groups is 1. The fourth-order valence-corrected chi connectivity index (χ4v) is 0.591. The number of allylic oxidation sites excluding steroid dienone is 1. The maximum Gasteiger partial charge on any atom is 0.142 e. The highest BCUT2D eigenvalue weighted by atomic mass is 16.5.